The van der Waals surface area contributed by atoms with Gasteiger partial charge in [-0.1, -0.05) is 31.2 Å². The van der Waals surface area contributed by atoms with Gasteiger partial charge in [0.25, 0.3) is 0 Å². The molecular weight excluding hydrogens is 256 g/mol. The van der Waals surface area contributed by atoms with E-state index in [0.29, 0.717) is 0 Å². The van der Waals surface area contributed by atoms with Crippen LogP contribution in [0.25, 0.3) is 6.08 Å². The Kier molecular flexibility index (Phi) is 6.50. The van der Waals surface area contributed by atoms with Crippen LogP contribution in [0.3, 0.4) is 0 Å². The first kappa shape index (κ1) is 16.0. The van der Waals surface area contributed by atoms with Gasteiger partial charge in [-0.05, 0) is 37.5 Å². The lowest BCUT2D eigenvalue weighted by Crippen LogP contribution is -2.18. The molecule has 4 nitrogen and oxygen atoms in total. The highest BCUT2D eigenvalue weighted by atomic mass is 16.6. The molecule has 0 aliphatic carbocycles. The van der Waals surface area contributed by atoms with Crippen LogP contribution in [0.15, 0.2) is 29.8 Å². The van der Waals surface area contributed by atoms with Gasteiger partial charge in [-0.15, -0.1) is 0 Å². The Morgan fingerprint density at radius 1 is 0.950 bits per heavy atom. The van der Waals surface area contributed by atoms with E-state index in [4.69, 9.17) is 9.47 Å². The lowest BCUT2D eigenvalue weighted by molar-refractivity contribution is -0.146. The molecule has 0 N–H and O–H groups in total. The minimum absolute atomic E-state index is 0.0852. The van der Waals surface area contributed by atoms with Crippen LogP contribution in [-0.4, -0.2) is 25.2 Å². The molecule has 108 valence electrons. The van der Waals surface area contributed by atoms with E-state index in [0.717, 1.165) is 12.0 Å². The Balaban J connectivity index is 3.03. The molecule has 0 amide bonds. The van der Waals surface area contributed by atoms with E-state index < -0.39 is 11.9 Å². The molecule has 0 aromatic heterocycles. The van der Waals surface area contributed by atoms with Crippen LogP contribution in [0.5, 0.6) is 0 Å². The van der Waals surface area contributed by atoms with Gasteiger partial charge in [0, 0.05) is 0 Å². The second kappa shape index (κ2) is 8.15. The Morgan fingerprint density at radius 2 is 1.45 bits per heavy atom. The van der Waals surface area contributed by atoms with Gasteiger partial charge < -0.3 is 9.47 Å². The second-order valence-electron chi connectivity index (χ2n) is 4.09. The summed E-state index contributed by atoms with van der Waals surface area (Å²) in [5, 5.41) is 0. The lowest BCUT2D eigenvalue weighted by atomic mass is 10.1. The van der Waals surface area contributed by atoms with Crippen LogP contribution >= 0.6 is 0 Å². The van der Waals surface area contributed by atoms with Crippen molar-refractivity contribution in [1.82, 2.24) is 0 Å². The molecule has 0 fully saturated rings. The highest BCUT2D eigenvalue weighted by Gasteiger charge is 2.20. The van der Waals surface area contributed by atoms with E-state index in [1.54, 1.807) is 13.8 Å². The third-order valence-corrected chi connectivity index (χ3v) is 2.69. The summed E-state index contributed by atoms with van der Waals surface area (Å²) in [5.41, 5.74) is 1.87. The molecule has 0 bridgehead atoms. The zero-order valence-corrected chi connectivity index (χ0v) is 12.1. The topological polar surface area (TPSA) is 52.6 Å². The van der Waals surface area contributed by atoms with Gasteiger partial charge in [-0.3, -0.25) is 0 Å². The first-order valence-electron chi connectivity index (χ1n) is 6.77. The first-order chi connectivity index (χ1) is 9.62. The number of aryl methyl sites for hydroxylation is 1. The summed E-state index contributed by atoms with van der Waals surface area (Å²) in [4.78, 5) is 23.6. The summed E-state index contributed by atoms with van der Waals surface area (Å²) in [7, 11) is 0. The Labute approximate surface area is 119 Å². The van der Waals surface area contributed by atoms with E-state index >= 15 is 0 Å². The summed E-state index contributed by atoms with van der Waals surface area (Å²) in [6.45, 7) is 5.87. The van der Waals surface area contributed by atoms with Gasteiger partial charge >= 0.3 is 11.9 Å². The van der Waals surface area contributed by atoms with E-state index in [2.05, 4.69) is 6.92 Å². The van der Waals surface area contributed by atoms with Gasteiger partial charge in [0.05, 0.1) is 13.2 Å². The van der Waals surface area contributed by atoms with Crippen molar-refractivity contribution >= 4 is 18.0 Å². The number of carbonyl (C=O) groups is 2. The van der Waals surface area contributed by atoms with E-state index in [-0.39, 0.29) is 18.8 Å². The van der Waals surface area contributed by atoms with Gasteiger partial charge in [0.15, 0.2) is 0 Å². The molecule has 0 saturated carbocycles. The average Bonchev–Trinajstić information content (AvgIpc) is 2.45. The summed E-state index contributed by atoms with van der Waals surface area (Å²) in [6.07, 6.45) is 2.43. The van der Waals surface area contributed by atoms with Crippen molar-refractivity contribution < 1.29 is 19.1 Å². The van der Waals surface area contributed by atoms with Crippen LogP contribution in [0.1, 0.15) is 31.9 Å². The molecule has 20 heavy (non-hydrogen) atoms. The first-order valence-corrected chi connectivity index (χ1v) is 6.77. The lowest BCUT2D eigenvalue weighted by Gasteiger charge is -2.06. The average molecular weight is 276 g/mol. The Bertz CT molecular complexity index is 466. The molecule has 1 aromatic carbocycles. The summed E-state index contributed by atoms with van der Waals surface area (Å²) in [6, 6.07) is 7.63. The molecule has 1 aromatic rings. The van der Waals surface area contributed by atoms with Gasteiger partial charge in [-0.2, -0.15) is 0 Å². The molecule has 0 spiro atoms. The van der Waals surface area contributed by atoms with Crippen LogP contribution in [0.2, 0.25) is 0 Å². The third kappa shape index (κ3) is 4.53. The number of benzene rings is 1. The summed E-state index contributed by atoms with van der Waals surface area (Å²) >= 11 is 0. The van der Waals surface area contributed by atoms with Gasteiger partial charge in [-0.25, -0.2) is 9.59 Å². The Hall–Kier alpha value is -2.10. The van der Waals surface area contributed by atoms with E-state index in [1.807, 2.05) is 24.3 Å². The number of hydrogen-bond donors (Lipinski definition) is 0. The molecule has 0 saturated heterocycles. The minimum Gasteiger partial charge on any atom is -0.462 e. The van der Waals surface area contributed by atoms with Crippen LogP contribution in [-0.2, 0) is 25.5 Å². The largest absolute Gasteiger partial charge is 0.462 e. The number of rotatable bonds is 6. The van der Waals surface area contributed by atoms with Crippen molar-refractivity contribution in [3.05, 3.63) is 41.0 Å². The van der Waals surface area contributed by atoms with Crippen molar-refractivity contribution in [3.63, 3.8) is 0 Å². The highest BCUT2D eigenvalue weighted by molar-refractivity contribution is 6.17. The van der Waals surface area contributed by atoms with Crippen molar-refractivity contribution in [3.8, 4) is 0 Å². The van der Waals surface area contributed by atoms with Crippen LogP contribution < -0.4 is 0 Å². The number of ether oxygens (including phenoxy) is 2. The molecule has 1 rings (SSSR count). The van der Waals surface area contributed by atoms with Gasteiger partial charge in [0.1, 0.15) is 5.57 Å². The maximum absolute atomic E-state index is 11.8. The number of esters is 2. The van der Waals surface area contributed by atoms with Crippen LogP contribution in [0, 0.1) is 0 Å². The van der Waals surface area contributed by atoms with Crippen molar-refractivity contribution in [2.24, 2.45) is 0 Å². The zero-order valence-electron chi connectivity index (χ0n) is 12.1. The number of carbonyl (C=O) groups excluding carboxylic acids is 2. The fourth-order valence-electron chi connectivity index (χ4n) is 1.64. The normalized spacial score (nSPS) is 9.75. The van der Waals surface area contributed by atoms with E-state index in [9.17, 15) is 9.59 Å². The quantitative estimate of drug-likeness (QED) is 0.347. The fraction of sp³-hybridized carbons (Fsp3) is 0.375. The maximum Gasteiger partial charge on any atom is 0.345 e. The summed E-state index contributed by atoms with van der Waals surface area (Å²) in [5.74, 6) is -1.32. The molecule has 0 atom stereocenters. The smallest absolute Gasteiger partial charge is 0.345 e. The predicted molar refractivity (Wildman–Crippen MR) is 77.1 cm³/mol. The molecular formula is C16H20O4. The van der Waals surface area contributed by atoms with Gasteiger partial charge in [0.2, 0.25) is 0 Å². The molecule has 0 heterocycles. The second-order valence-corrected chi connectivity index (χ2v) is 4.09. The molecule has 0 radical (unpaired) electrons. The molecule has 4 heteroatoms. The summed E-state index contributed by atoms with van der Waals surface area (Å²) < 4.78 is 9.76. The minimum atomic E-state index is -0.662. The van der Waals surface area contributed by atoms with E-state index in [1.165, 1.54) is 11.6 Å². The van der Waals surface area contributed by atoms with Crippen molar-refractivity contribution in [2.45, 2.75) is 27.2 Å². The SMILES string of the molecule is CCOC(=O)C(=Cc1ccc(CC)cc1)C(=O)OCC. The monoisotopic (exact) mass is 276 g/mol. The van der Waals surface area contributed by atoms with Crippen LogP contribution in [0.4, 0.5) is 0 Å². The number of hydrogen-bond acceptors (Lipinski definition) is 4. The third-order valence-electron chi connectivity index (χ3n) is 2.69. The molecule has 0 unspecified atom stereocenters. The highest BCUT2D eigenvalue weighted by Crippen LogP contribution is 2.12. The fourth-order valence-corrected chi connectivity index (χ4v) is 1.64. The standard InChI is InChI=1S/C16H20O4/c1-4-12-7-9-13(10-8-12)11-14(15(17)19-5-2)16(18)20-6-3/h7-11H,4-6H2,1-3H3. The molecule has 0 aliphatic heterocycles. The van der Waals surface area contributed by atoms with Crippen molar-refractivity contribution in [1.29, 1.82) is 0 Å². The predicted octanol–water partition coefficient (Wildman–Crippen LogP) is 2.76. The Morgan fingerprint density at radius 3 is 1.85 bits per heavy atom. The maximum atomic E-state index is 11.8. The van der Waals surface area contributed by atoms with Crippen molar-refractivity contribution in [2.75, 3.05) is 13.2 Å². The molecule has 0 aliphatic rings. The zero-order chi connectivity index (χ0) is 15.0.